The molecule has 5 aliphatic rings. The number of hydrogen-bond acceptors (Lipinski definition) is 2. The molecule has 5 fully saturated rings. The van der Waals surface area contributed by atoms with Crippen molar-refractivity contribution in [3.8, 4) is 0 Å². The van der Waals surface area contributed by atoms with E-state index < -0.39 is 0 Å². The number of piperidine rings is 1. The third-order valence-corrected chi connectivity index (χ3v) is 6.97. The van der Waals surface area contributed by atoms with Crippen LogP contribution in [0.3, 0.4) is 0 Å². The third-order valence-electron chi connectivity index (χ3n) is 6.97. The van der Waals surface area contributed by atoms with E-state index in [-0.39, 0.29) is 5.41 Å². The van der Waals surface area contributed by atoms with Gasteiger partial charge in [-0.3, -0.25) is 4.79 Å². The maximum absolute atomic E-state index is 12.7. The zero-order chi connectivity index (χ0) is 13.9. The Labute approximate surface area is 123 Å². The predicted octanol–water partition coefficient (Wildman–Crippen LogP) is 3.26. The molecule has 20 heavy (non-hydrogen) atoms. The lowest BCUT2D eigenvalue weighted by molar-refractivity contribution is -0.135. The van der Waals surface area contributed by atoms with E-state index in [9.17, 15) is 4.79 Å². The van der Waals surface area contributed by atoms with Gasteiger partial charge in [0.1, 0.15) is 5.78 Å². The molecule has 1 aliphatic heterocycles. The van der Waals surface area contributed by atoms with Crippen molar-refractivity contribution < 1.29 is 4.79 Å². The Bertz CT molecular complexity index is 386. The van der Waals surface area contributed by atoms with Crippen molar-refractivity contribution in [2.45, 2.75) is 52.4 Å². The van der Waals surface area contributed by atoms with Crippen LogP contribution in [0.15, 0.2) is 0 Å². The van der Waals surface area contributed by atoms with Gasteiger partial charge in [0.05, 0.1) is 0 Å². The van der Waals surface area contributed by atoms with Crippen molar-refractivity contribution in [2.24, 2.45) is 40.9 Å². The van der Waals surface area contributed by atoms with Gasteiger partial charge in [0.2, 0.25) is 0 Å². The highest BCUT2D eigenvalue weighted by atomic mass is 16.1. The van der Waals surface area contributed by atoms with E-state index in [1.54, 1.807) is 0 Å². The van der Waals surface area contributed by atoms with E-state index in [1.165, 1.54) is 38.5 Å². The Morgan fingerprint density at radius 3 is 2.25 bits per heavy atom. The molecular formula is C18H29NO. The summed E-state index contributed by atoms with van der Waals surface area (Å²) in [7, 11) is 0. The molecular weight excluding hydrogens is 246 g/mol. The molecule has 0 radical (unpaired) electrons. The summed E-state index contributed by atoms with van der Waals surface area (Å²) in [5.74, 6) is 5.71. The minimum absolute atomic E-state index is 0.144. The molecule has 0 aromatic carbocycles. The first-order valence-electron chi connectivity index (χ1n) is 8.78. The average molecular weight is 275 g/mol. The van der Waals surface area contributed by atoms with Gasteiger partial charge in [0.25, 0.3) is 0 Å². The molecule has 1 N–H and O–H groups in total. The SMILES string of the molecule is CC1(C)CNCC(CC2C3CC4CC(C3)CC2C4)C1=O. The van der Waals surface area contributed by atoms with Crippen LogP contribution in [-0.2, 0) is 4.79 Å². The molecule has 0 spiro atoms. The molecule has 4 saturated carbocycles. The second kappa shape index (κ2) is 4.56. The lowest BCUT2D eigenvalue weighted by Crippen LogP contribution is -2.52. The first-order chi connectivity index (χ1) is 9.53. The highest BCUT2D eigenvalue weighted by Gasteiger charge is 2.49. The monoisotopic (exact) mass is 275 g/mol. The van der Waals surface area contributed by atoms with E-state index in [0.717, 1.165) is 42.7 Å². The fraction of sp³-hybridized carbons (Fsp3) is 0.944. The molecule has 0 amide bonds. The topological polar surface area (TPSA) is 29.1 Å². The second-order valence-corrected chi connectivity index (χ2v) is 8.91. The number of rotatable bonds is 2. The fourth-order valence-electron chi connectivity index (χ4n) is 6.23. The molecule has 1 unspecified atom stereocenters. The predicted molar refractivity (Wildman–Crippen MR) is 80.3 cm³/mol. The Hall–Kier alpha value is -0.370. The number of ketones is 1. The standard InChI is InChI=1S/C18H29NO/c1-18(2)10-19-9-15(17(18)20)8-16-13-4-11-3-12(6-13)7-14(16)5-11/h11-16,19H,3-10H2,1-2H3. The molecule has 4 aliphatic carbocycles. The Morgan fingerprint density at radius 1 is 1.05 bits per heavy atom. The van der Waals surface area contributed by atoms with E-state index in [1.807, 2.05) is 0 Å². The van der Waals surface area contributed by atoms with Crippen LogP contribution in [0.1, 0.15) is 52.4 Å². The summed E-state index contributed by atoms with van der Waals surface area (Å²) in [6, 6.07) is 0. The van der Waals surface area contributed by atoms with Gasteiger partial charge in [-0.1, -0.05) is 13.8 Å². The van der Waals surface area contributed by atoms with Crippen molar-refractivity contribution in [1.29, 1.82) is 0 Å². The van der Waals surface area contributed by atoms with Gasteiger partial charge < -0.3 is 5.32 Å². The first-order valence-corrected chi connectivity index (χ1v) is 8.78. The molecule has 0 aromatic rings. The van der Waals surface area contributed by atoms with E-state index in [0.29, 0.717) is 11.7 Å². The van der Waals surface area contributed by atoms with E-state index >= 15 is 0 Å². The van der Waals surface area contributed by atoms with Crippen molar-refractivity contribution in [3.63, 3.8) is 0 Å². The van der Waals surface area contributed by atoms with Crippen LogP contribution in [0.25, 0.3) is 0 Å². The lowest BCUT2D eigenvalue weighted by atomic mass is 9.50. The van der Waals surface area contributed by atoms with Crippen molar-refractivity contribution in [3.05, 3.63) is 0 Å². The van der Waals surface area contributed by atoms with Crippen molar-refractivity contribution in [1.82, 2.24) is 5.32 Å². The minimum atomic E-state index is -0.144. The third kappa shape index (κ3) is 2.06. The smallest absolute Gasteiger partial charge is 0.144 e. The molecule has 0 aromatic heterocycles. The highest BCUT2D eigenvalue weighted by molar-refractivity contribution is 5.87. The zero-order valence-corrected chi connectivity index (χ0v) is 13.0. The van der Waals surface area contributed by atoms with E-state index in [4.69, 9.17) is 0 Å². The van der Waals surface area contributed by atoms with Crippen LogP contribution < -0.4 is 5.32 Å². The van der Waals surface area contributed by atoms with Crippen LogP contribution in [0.5, 0.6) is 0 Å². The highest BCUT2D eigenvalue weighted by Crippen LogP contribution is 2.58. The normalized spacial score (nSPS) is 49.6. The van der Waals surface area contributed by atoms with Crippen LogP contribution in [-0.4, -0.2) is 18.9 Å². The minimum Gasteiger partial charge on any atom is -0.315 e. The Morgan fingerprint density at radius 2 is 1.65 bits per heavy atom. The van der Waals surface area contributed by atoms with Crippen LogP contribution in [0, 0.1) is 40.9 Å². The van der Waals surface area contributed by atoms with Crippen molar-refractivity contribution >= 4 is 5.78 Å². The quantitative estimate of drug-likeness (QED) is 0.838. The number of carbonyl (C=O) groups is 1. The number of nitrogens with one attached hydrogen (secondary N) is 1. The Balaban J connectivity index is 1.48. The summed E-state index contributed by atoms with van der Waals surface area (Å²) >= 11 is 0. The van der Waals surface area contributed by atoms with Gasteiger partial charge in [-0.25, -0.2) is 0 Å². The first kappa shape index (κ1) is 13.3. The molecule has 5 rings (SSSR count). The molecule has 1 heterocycles. The van der Waals surface area contributed by atoms with Crippen LogP contribution >= 0.6 is 0 Å². The average Bonchev–Trinajstić information content (AvgIpc) is 2.38. The van der Waals surface area contributed by atoms with Gasteiger partial charge in [-0.05, 0) is 68.1 Å². The largest absolute Gasteiger partial charge is 0.315 e. The molecule has 2 nitrogen and oxygen atoms in total. The zero-order valence-electron chi connectivity index (χ0n) is 13.0. The van der Waals surface area contributed by atoms with Gasteiger partial charge in [-0.15, -0.1) is 0 Å². The van der Waals surface area contributed by atoms with Gasteiger partial charge in [0, 0.05) is 24.4 Å². The number of hydrogen-bond donors (Lipinski definition) is 1. The van der Waals surface area contributed by atoms with Crippen LogP contribution in [0.2, 0.25) is 0 Å². The molecule has 4 bridgehead atoms. The van der Waals surface area contributed by atoms with Gasteiger partial charge in [0.15, 0.2) is 0 Å². The fourth-order valence-corrected chi connectivity index (χ4v) is 6.23. The summed E-state index contributed by atoms with van der Waals surface area (Å²) in [5.41, 5.74) is -0.144. The molecule has 2 heteroatoms. The summed E-state index contributed by atoms with van der Waals surface area (Å²) in [5, 5.41) is 3.51. The summed E-state index contributed by atoms with van der Waals surface area (Å²) < 4.78 is 0. The summed E-state index contributed by atoms with van der Waals surface area (Å²) in [6.07, 6.45) is 8.64. The maximum Gasteiger partial charge on any atom is 0.144 e. The second-order valence-electron chi connectivity index (χ2n) is 8.91. The van der Waals surface area contributed by atoms with Gasteiger partial charge >= 0.3 is 0 Å². The lowest BCUT2D eigenvalue weighted by Gasteiger charge is -2.55. The summed E-state index contributed by atoms with van der Waals surface area (Å²) in [6.45, 7) is 6.03. The maximum atomic E-state index is 12.7. The van der Waals surface area contributed by atoms with Crippen molar-refractivity contribution in [2.75, 3.05) is 13.1 Å². The Kier molecular flexibility index (Phi) is 3.03. The number of Topliss-reactive ketones (excluding diaryl/α,β-unsaturated/α-hetero) is 1. The molecule has 112 valence electrons. The molecule has 1 atom stereocenters. The molecule has 1 saturated heterocycles. The summed E-state index contributed by atoms with van der Waals surface area (Å²) in [4.78, 5) is 12.7. The number of carbonyl (C=O) groups excluding carboxylic acids is 1. The van der Waals surface area contributed by atoms with Gasteiger partial charge in [-0.2, -0.15) is 0 Å². The van der Waals surface area contributed by atoms with E-state index in [2.05, 4.69) is 19.2 Å². The van der Waals surface area contributed by atoms with Crippen LogP contribution in [0.4, 0.5) is 0 Å².